The lowest BCUT2D eigenvalue weighted by Gasteiger charge is -2.11. The van der Waals surface area contributed by atoms with Gasteiger partial charge in [-0.1, -0.05) is 0 Å². The lowest BCUT2D eigenvalue weighted by atomic mass is 10.1. The molecule has 0 fully saturated rings. The quantitative estimate of drug-likeness (QED) is 0.744. The number of benzene rings is 1. The van der Waals surface area contributed by atoms with E-state index in [0.717, 1.165) is 41.7 Å². The molecule has 0 saturated carbocycles. The van der Waals surface area contributed by atoms with Gasteiger partial charge in [-0.25, -0.2) is 4.79 Å². The molecule has 1 aromatic carbocycles. The van der Waals surface area contributed by atoms with E-state index in [2.05, 4.69) is 15.9 Å². The molecule has 0 N–H and O–H groups in total. The number of aryl methyl sites for hydroxylation is 1. The molecule has 0 aliphatic carbocycles. The van der Waals surface area contributed by atoms with Crippen LogP contribution in [-0.4, -0.2) is 19.7 Å². The number of hydrogen-bond donors (Lipinski definition) is 0. The first-order chi connectivity index (χ1) is 7.72. The van der Waals surface area contributed by atoms with Gasteiger partial charge in [0, 0.05) is 0 Å². The van der Waals surface area contributed by atoms with Crippen molar-refractivity contribution in [2.75, 3.05) is 13.7 Å². The molecule has 3 nitrogen and oxygen atoms in total. The van der Waals surface area contributed by atoms with E-state index < -0.39 is 0 Å². The van der Waals surface area contributed by atoms with E-state index in [0.29, 0.717) is 5.56 Å². The third kappa shape index (κ3) is 2.21. The predicted molar refractivity (Wildman–Crippen MR) is 63.9 cm³/mol. The Morgan fingerprint density at radius 2 is 2.25 bits per heavy atom. The maximum Gasteiger partial charge on any atom is 0.337 e. The summed E-state index contributed by atoms with van der Waals surface area (Å²) >= 11 is 3.43. The van der Waals surface area contributed by atoms with Crippen LogP contribution < -0.4 is 4.74 Å². The van der Waals surface area contributed by atoms with E-state index in [9.17, 15) is 4.79 Å². The van der Waals surface area contributed by atoms with Crippen molar-refractivity contribution in [2.24, 2.45) is 0 Å². The third-order valence-corrected chi connectivity index (χ3v) is 3.22. The second kappa shape index (κ2) is 4.87. The maximum absolute atomic E-state index is 11.5. The van der Waals surface area contributed by atoms with Gasteiger partial charge in [0.1, 0.15) is 5.75 Å². The van der Waals surface area contributed by atoms with Gasteiger partial charge < -0.3 is 9.47 Å². The van der Waals surface area contributed by atoms with E-state index in [1.54, 1.807) is 6.07 Å². The summed E-state index contributed by atoms with van der Waals surface area (Å²) in [4.78, 5) is 11.5. The summed E-state index contributed by atoms with van der Waals surface area (Å²) in [5, 5.41) is 0. The molecule has 86 valence electrons. The predicted octanol–water partition coefficient (Wildman–Crippen LogP) is 2.95. The molecule has 0 bridgehead atoms. The smallest absolute Gasteiger partial charge is 0.337 e. The zero-order valence-electron chi connectivity index (χ0n) is 9.09. The second-order valence-electron chi connectivity index (χ2n) is 3.74. The minimum atomic E-state index is -0.312. The van der Waals surface area contributed by atoms with Crippen molar-refractivity contribution in [3.05, 3.63) is 27.7 Å². The topological polar surface area (TPSA) is 35.5 Å². The van der Waals surface area contributed by atoms with Gasteiger partial charge >= 0.3 is 5.97 Å². The molecule has 0 saturated heterocycles. The van der Waals surface area contributed by atoms with Crippen LogP contribution in [0.15, 0.2) is 16.6 Å². The third-order valence-electron chi connectivity index (χ3n) is 2.63. The van der Waals surface area contributed by atoms with Crippen LogP contribution in [0.1, 0.15) is 28.8 Å². The fourth-order valence-corrected chi connectivity index (χ4v) is 2.44. The minimum Gasteiger partial charge on any atom is -0.492 e. The van der Waals surface area contributed by atoms with Gasteiger partial charge in [-0.2, -0.15) is 0 Å². The lowest BCUT2D eigenvalue weighted by molar-refractivity contribution is 0.0600. The SMILES string of the molecule is COC(=O)c1cc(Br)c2c(c1)CCCCO2. The van der Waals surface area contributed by atoms with E-state index in [4.69, 9.17) is 9.47 Å². The number of esters is 1. The molecular formula is C12H13BrO3. The van der Waals surface area contributed by atoms with E-state index >= 15 is 0 Å². The first kappa shape index (κ1) is 11.5. The number of carbonyl (C=O) groups excluding carboxylic acids is 1. The highest BCUT2D eigenvalue weighted by Gasteiger charge is 2.16. The Balaban J connectivity index is 2.43. The van der Waals surface area contributed by atoms with Crippen LogP contribution >= 0.6 is 15.9 Å². The van der Waals surface area contributed by atoms with Crippen molar-refractivity contribution >= 4 is 21.9 Å². The van der Waals surface area contributed by atoms with Crippen molar-refractivity contribution in [1.29, 1.82) is 0 Å². The zero-order valence-corrected chi connectivity index (χ0v) is 10.7. The van der Waals surface area contributed by atoms with Gasteiger partial charge in [-0.05, 0) is 52.9 Å². The molecule has 1 heterocycles. The van der Waals surface area contributed by atoms with Crippen molar-refractivity contribution in [3.8, 4) is 5.75 Å². The van der Waals surface area contributed by atoms with Crippen LogP contribution in [0.4, 0.5) is 0 Å². The van der Waals surface area contributed by atoms with Crippen molar-refractivity contribution in [2.45, 2.75) is 19.3 Å². The summed E-state index contributed by atoms with van der Waals surface area (Å²) in [5.41, 5.74) is 1.64. The first-order valence-corrected chi connectivity index (χ1v) is 6.05. The Morgan fingerprint density at radius 1 is 1.44 bits per heavy atom. The molecule has 0 radical (unpaired) electrons. The second-order valence-corrected chi connectivity index (χ2v) is 4.60. The average Bonchev–Trinajstić information content (AvgIpc) is 2.53. The maximum atomic E-state index is 11.5. The van der Waals surface area contributed by atoms with Gasteiger partial charge in [-0.3, -0.25) is 0 Å². The standard InChI is InChI=1S/C12H13BrO3/c1-15-12(14)9-6-8-4-2-3-5-16-11(8)10(13)7-9/h6-7H,2-5H2,1H3. The molecule has 1 aliphatic heterocycles. The molecule has 1 aliphatic rings. The fourth-order valence-electron chi connectivity index (χ4n) is 1.83. The fraction of sp³-hybridized carbons (Fsp3) is 0.417. The highest BCUT2D eigenvalue weighted by molar-refractivity contribution is 9.10. The summed E-state index contributed by atoms with van der Waals surface area (Å²) in [6.45, 7) is 0.739. The summed E-state index contributed by atoms with van der Waals surface area (Å²) in [6, 6.07) is 3.60. The average molecular weight is 285 g/mol. The van der Waals surface area contributed by atoms with Gasteiger partial charge in [0.2, 0.25) is 0 Å². The van der Waals surface area contributed by atoms with Gasteiger partial charge in [0.05, 0.1) is 23.8 Å². The van der Waals surface area contributed by atoms with Crippen LogP contribution in [0.25, 0.3) is 0 Å². The summed E-state index contributed by atoms with van der Waals surface area (Å²) < 4.78 is 11.2. The van der Waals surface area contributed by atoms with E-state index in [-0.39, 0.29) is 5.97 Å². The van der Waals surface area contributed by atoms with Crippen LogP contribution in [0.2, 0.25) is 0 Å². The van der Waals surface area contributed by atoms with Crippen LogP contribution in [0, 0.1) is 0 Å². The van der Waals surface area contributed by atoms with E-state index in [1.807, 2.05) is 6.07 Å². The Bertz CT molecular complexity index is 415. The van der Waals surface area contributed by atoms with Gasteiger partial charge in [-0.15, -0.1) is 0 Å². The molecular weight excluding hydrogens is 272 g/mol. The zero-order chi connectivity index (χ0) is 11.5. The van der Waals surface area contributed by atoms with Crippen LogP contribution in [0.3, 0.4) is 0 Å². The monoisotopic (exact) mass is 284 g/mol. The number of halogens is 1. The largest absolute Gasteiger partial charge is 0.492 e. The minimum absolute atomic E-state index is 0.312. The van der Waals surface area contributed by atoms with Gasteiger partial charge in [0.15, 0.2) is 0 Å². The molecule has 1 aromatic rings. The molecule has 0 unspecified atom stereocenters. The molecule has 4 heteroatoms. The first-order valence-electron chi connectivity index (χ1n) is 5.26. The number of ether oxygens (including phenoxy) is 2. The van der Waals surface area contributed by atoms with Crippen molar-refractivity contribution in [1.82, 2.24) is 0 Å². The Kier molecular flexibility index (Phi) is 3.49. The van der Waals surface area contributed by atoms with Crippen molar-refractivity contribution in [3.63, 3.8) is 0 Å². The highest BCUT2D eigenvalue weighted by Crippen LogP contribution is 2.33. The summed E-state index contributed by atoms with van der Waals surface area (Å²) in [5.74, 6) is 0.554. The summed E-state index contributed by atoms with van der Waals surface area (Å²) in [6.07, 6.45) is 3.08. The lowest BCUT2D eigenvalue weighted by Crippen LogP contribution is -2.03. The van der Waals surface area contributed by atoms with Crippen molar-refractivity contribution < 1.29 is 14.3 Å². The number of hydrogen-bond acceptors (Lipinski definition) is 3. The Morgan fingerprint density at radius 3 is 3.00 bits per heavy atom. The normalized spacial score (nSPS) is 14.6. The highest BCUT2D eigenvalue weighted by atomic mass is 79.9. The van der Waals surface area contributed by atoms with Crippen LogP contribution in [0.5, 0.6) is 5.75 Å². The number of methoxy groups -OCH3 is 1. The molecule has 16 heavy (non-hydrogen) atoms. The van der Waals surface area contributed by atoms with Crippen LogP contribution in [-0.2, 0) is 11.2 Å². The van der Waals surface area contributed by atoms with Gasteiger partial charge in [0.25, 0.3) is 0 Å². The number of rotatable bonds is 1. The Hall–Kier alpha value is -1.03. The number of fused-ring (bicyclic) bond motifs is 1. The Labute approximate surface area is 103 Å². The van der Waals surface area contributed by atoms with E-state index in [1.165, 1.54) is 7.11 Å². The molecule has 0 spiro atoms. The molecule has 0 atom stereocenters. The number of carbonyl (C=O) groups is 1. The molecule has 2 rings (SSSR count). The summed E-state index contributed by atoms with van der Waals surface area (Å²) in [7, 11) is 1.39. The molecule has 0 amide bonds. The molecule has 0 aromatic heterocycles.